The standard InChI is InChI=1S/C13H12BrF3O3S/c14-11-9-3-1-2-8(9)6-10(7-4-5-7)12(11)20-21(18,19)13(15,16)17/h6-7H,1-5H2. The molecule has 116 valence electrons. The third-order valence-electron chi connectivity index (χ3n) is 3.81. The van der Waals surface area contributed by atoms with Gasteiger partial charge in [-0.3, -0.25) is 0 Å². The summed E-state index contributed by atoms with van der Waals surface area (Å²) in [5.74, 6) is -0.0962. The fourth-order valence-electron chi connectivity index (χ4n) is 2.63. The Balaban J connectivity index is 2.09. The lowest BCUT2D eigenvalue weighted by atomic mass is 10.0. The number of benzene rings is 1. The van der Waals surface area contributed by atoms with Crippen molar-refractivity contribution in [3.05, 3.63) is 27.2 Å². The highest BCUT2D eigenvalue weighted by Gasteiger charge is 2.49. The number of rotatable bonds is 3. The number of fused-ring (bicyclic) bond motifs is 1. The van der Waals surface area contributed by atoms with Crippen molar-refractivity contribution >= 4 is 26.0 Å². The molecule has 0 unspecified atom stereocenters. The first-order chi connectivity index (χ1) is 9.71. The van der Waals surface area contributed by atoms with Gasteiger partial charge in [-0.25, -0.2) is 0 Å². The zero-order valence-corrected chi connectivity index (χ0v) is 13.2. The highest BCUT2D eigenvalue weighted by atomic mass is 79.9. The van der Waals surface area contributed by atoms with Crippen LogP contribution in [-0.2, 0) is 23.0 Å². The lowest BCUT2D eigenvalue weighted by Gasteiger charge is -2.17. The Bertz CT molecular complexity index is 694. The molecule has 0 N–H and O–H groups in total. The zero-order valence-electron chi connectivity index (χ0n) is 10.8. The monoisotopic (exact) mass is 384 g/mol. The summed E-state index contributed by atoms with van der Waals surface area (Å²) in [5, 5.41) is 0. The molecule has 0 amide bonds. The van der Waals surface area contributed by atoms with E-state index in [1.807, 2.05) is 6.07 Å². The van der Waals surface area contributed by atoms with E-state index in [0.717, 1.165) is 36.8 Å². The molecule has 2 aliphatic carbocycles. The quantitative estimate of drug-likeness (QED) is 0.583. The van der Waals surface area contributed by atoms with Crippen LogP contribution in [0.4, 0.5) is 13.2 Å². The van der Waals surface area contributed by atoms with Crippen molar-refractivity contribution < 1.29 is 25.8 Å². The van der Waals surface area contributed by atoms with Crippen molar-refractivity contribution in [1.29, 1.82) is 0 Å². The Hall–Kier alpha value is -0.760. The van der Waals surface area contributed by atoms with Crippen LogP contribution in [0.5, 0.6) is 5.75 Å². The third-order valence-corrected chi connectivity index (χ3v) is 5.60. The molecule has 1 fully saturated rings. The molecule has 21 heavy (non-hydrogen) atoms. The molecular formula is C13H12BrF3O3S. The molecule has 1 aromatic carbocycles. The molecule has 0 spiro atoms. The summed E-state index contributed by atoms with van der Waals surface area (Å²) in [6.45, 7) is 0. The predicted molar refractivity (Wildman–Crippen MR) is 73.7 cm³/mol. The van der Waals surface area contributed by atoms with Crippen LogP contribution in [0.15, 0.2) is 10.5 Å². The van der Waals surface area contributed by atoms with E-state index in [9.17, 15) is 21.6 Å². The van der Waals surface area contributed by atoms with Crippen LogP contribution < -0.4 is 4.18 Å². The molecule has 0 aliphatic heterocycles. The number of hydrogen-bond donors (Lipinski definition) is 0. The first-order valence-electron chi connectivity index (χ1n) is 6.55. The molecule has 1 aromatic rings. The summed E-state index contributed by atoms with van der Waals surface area (Å²) >= 11 is 3.24. The number of hydrogen-bond acceptors (Lipinski definition) is 3. The summed E-state index contributed by atoms with van der Waals surface area (Å²) in [7, 11) is -5.65. The maximum absolute atomic E-state index is 12.5. The fourth-order valence-corrected chi connectivity index (χ4v) is 4.00. The lowest BCUT2D eigenvalue weighted by Crippen LogP contribution is -2.28. The van der Waals surface area contributed by atoms with E-state index >= 15 is 0 Å². The van der Waals surface area contributed by atoms with Crippen molar-refractivity contribution in [2.75, 3.05) is 0 Å². The minimum Gasteiger partial charge on any atom is -0.374 e. The highest BCUT2D eigenvalue weighted by molar-refractivity contribution is 9.10. The Morgan fingerprint density at radius 1 is 1.24 bits per heavy atom. The maximum atomic E-state index is 12.5. The highest BCUT2D eigenvalue weighted by Crippen LogP contribution is 2.50. The second-order valence-electron chi connectivity index (χ2n) is 5.36. The summed E-state index contributed by atoms with van der Waals surface area (Å²) in [6.07, 6.45) is 4.16. The van der Waals surface area contributed by atoms with Gasteiger partial charge in [0.2, 0.25) is 0 Å². The van der Waals surface area contributed by atoms with Crippen LogP contribution in [-0.4, -0.2) is 13.9 Å². The zero-order chi connectivity index (χ0) is 15.4. The molecule has 0 bridgehead atoms. The molecular weight excluding hydrogens is 373 g/mol. The minimum atomic E-state index is -5.65. The Morgan fingerprint density at radius 2 is 1.90 bits per heavy atom. The van der Waals surface area contributed by atoms with Gasteiger partial charge in [0.15, 0.2) is 5.75 Å². The number of alkyl halides is 3. The summed E-state index contributed by atoms with van der Waals surface area (Å²) < 4.78 is 65.0. The molecule has 0 radical (unpaired) electrons. The van der Waals surface area contributed by atoms with Gasteiger partial charge in [-0.15, -0.1) is 0 Å². The number of halogens is 4. The van der Waals surface area contributed by atoms with Crippen LogP contribution in [0.1, 0.15) is 41.9 Å². The van der Waals surface area contributed by atoms with Crippen molar-refractivity contribution in [3.8, 4) is 5.75 Å². The van der Waals surface area contributed by atoms with Crippen LogP contribution >= 0.6 is 15.9 Å². The van der Waals surface area contributed by atoms with E-state index in [1.54, 1.807) is 0 Å². The summed E-state index contributed by atoms with van der Waals surface area (Å²) in [6, 6.07) is 1.81. The van der Waals surface area contributed by atoms with E-state index in [0.29, 0.717) is 16.5 Å². The lowest BCUT2D eigenvalue weighted by molar-refractivity contribution is -0.0500. The number of aryl methyl sites for hydroxylation is 1. The van der Waals surface area contributed by atoms with E-state index in [2.05, 4.69) is 20.1 Å². The van der Waals surface area contributed by atoms with Gasteiger partial charge in [0, 0.05) is 5.56 Å². The Morgan fingerprint density at radius 3 is 2.48 bits per heavy atom. The first-order valence-corrected chi connectivity index (χ1v) is 8.76. The van der Waals surface area contributed by atoms with Gasteiger partial charge in [0.25, 0.3) is 0 Å². The summed E-state index contributed by atoms with van der Waals surface area (Å²) in [5.41, 5.74) is -2.94. The third kappa shape index (κ3) is 2.67. The predicted octanol–water partition coefficient (Wildman–Crippen LogP) is 4.04. The van der Waals surface area contributed by atoms with Gasteiger partial charge in [-0.1, -0.05) is 6.07 Å². The van der Waals surface area contributed by atoms with Gasteiger partial charge >= 0.3 is 15.6 Å². The van der Waals surface area contributed by atoms with E-state index in [4.69, 9.17) is 0 Å². The van der Waals surface area contributed by atoms with E-state index < -0.39 is 15.6 Å². The molecule has 0 saturated heterocycles. The van der Waals surface area contributed by atoms with Gasteiger partial charge in [-0.2, -0.15) is 21.6 Å². The Kier molecular flexibility index (Phi) is 3.52. The van der Waals surface area contributed by atoms with Crippen LogP contribution in [0.3, 0.4) is 0 Å². The minimum absolute atomic E-state index is 0.0885. The molecule has 2 aliphatic rings. The average Bonchev–Trinajstić information content (AvgIpc) is 3.09. The SMILES string of the molecule is O=S(=O)(Oc1c(C2CC2)cc2c(c1Br)CCC2)C(F)(F)F. The van der Waals surface area contributed by atoms with Crippen molar-refractivity contribution in [1.82, 2.24) is 0 Å². The first kappa shape index (κ1) is 15.1. The second-order valence-corrected chi connectivity index (χ2v) is 7.69. The van der Waals surface area contributed by atoms with Crippen molar-refractivity contribution in [2.24, 2.45) is 0 Å². The van der Waals surface area contributed by atoms with Crippen LogP contribution in [0, 0.1) is 0 Å². The normalized spacial score (nSPS) is 18.7. The molecule has 0 heterocycles. The van der Waals surface area contributed by atoms with Gasteiger partial charge in [-0.05, 0) is 65.1 Å². The molecule has 1 saturated carbocycles. The molecule has 0 atom stereocenters. The molecule has 0 aromatic heterocycles. The van der Waals surface area contributed by atoms with Crippen LogP contribution in [0.25, 0.3) is 0 Å². The molecule has 8 heteroatoms. The van der Waals surface area contributed by atoms with Crippen molar-refractivity contribution in [3.63, 3.8) is 0 Å². The van der Waals surface area contributed by atoms with Crippen molar-refractivity contribution in [2.45, 2.75) is 43.5 Å². The topological polar surface area (TPSA) is 43.4 Å². The van der Waals surface area contributed by atoms with Gasteiger partial charge < -0.3 is 4.18 Å². The maximum Gasteiger partial charge on any atom is 0.534 e. The Labute approximate surface area is 128 Å². The van der Waals surface area contributed by atoms with Gasteiger partial charge in [0.05, 0.1) is 4.47 Å². The second kappa shape index (κ2) is 4.87. The van der Waals surface area contributed by atoms with Crippen LogP contribution in [0.2, 0.25) is 0 Å². The fraction of sp³-hybridized carbons (Fsp3) is 0.538. The average molecular weight is 385 g/mol. The molecule has 3 nitrogen and oxygen atoms in total. The van der Waals surface area contributed by atoms with Gasteiger partial charge in [0.1, 0.15) is 0 Å². The largest absolute Gasteiger partial charge is 0.534 e. The molecule has 3 rings (SSSR count). The summed E-state index contributed by atoms with van der Waals surface area (Å²) in [4.78, 5) is 0. The van der Waals surface area contributed by atoms with E-state index in [1.165, 1.54) is 0 Å². The van der Waals surface area contributed by atoms with E-state index in [-0.39, 0.29) is 11.7 Å². The smallest absolute Gasteiger partial charge is 0.374 e.